The first-order valence-electron chi connectivity index (χ1n) is 9.33. The van der Waals surface area contributed by atoms with Gasteiger partial charge in [0.25, 0.3) is 5.91 Å². The molecule has 1 heterocycles. The molecule has 3 amide bonds. The van der Waals surface area contributed by atoms with E-state index in [9.17, 15) is 14.0 Å². The monoisotopic (exact) mass is 384 g/mol. The number of carbonyl (C=O) groups is 2. The van der Waals surface area contributed by atoms with Gasteiger partial charge in [0.15, 0.2) is 0 Å². The van der Waals surface area contributed by atoms with Crippen LogP contribution < -0.4 is 10.6 Å². The second-order valence-corrected chi connectivity index (χ2v) is 7.05. The van der Waals surface area contributed by atoms with Gasteiger partial charge in [-0.15, -0.1) is 0 Å². The third-order valence-electron chi connectivity index (χ3n) is 4.88. The number of urea groups is 1. The lowest BCUT2D eigenvalue weighted by Crippen LogP contribution is -2.47. The Morgan fingerprint density at radius 3 is 2.39 bits per heavy atom. The van der Waals surface area contributed by atoms with Gasteiger partial charge < -0.3 is 20.4 Å². The van der Waals surface area contributed by atoms with Crippen molar-refractivity contribution in [2.45, 2.75) is 13.0 Å². The highest BCUT2D eigenvalue weighted by Crippen LogP contribution is 2.16. The van der Waals surface area contributed by atoms with E-state index in [1.807, 2.05) is 18.9 Å². The third-order valence-corrected chi connectivity index (χ3v) is 4.88. The summed E-state index contributed by atoms with van der Waals surface area (Å²) in [6.07, 6.45) is 0. The molecule has 0 aromatic heterocycles. The maximum absolute atomic E-state index is 13.0. The maximum atomic E-state index is 13.0. The van der Waals surface area contributed by atoms with Crippen molar-refractivity contribution >= 4 is 17.6 Å². The molecule has 28 heavy (non-hydrogen) atoms. The van der Waals surface area contributed by atoms with Crippen LogP contribution in [-0.4, -0.2) is 55.0 Å². The highest BCUT2D eigenvalue weighted by Gasteiger charge is 2.20. The minimum absolute atomic E-state index is 0.0307. The lowest BCUT2D eigenvalue weighted by atomic mass is 10.1. The molecule has 0 radical (unpaired) electrons. The summed E-state index contributed by atoms with van der Waals surface area (Å²) in [6.45, 7) is 4.92. The summed E-state index contributed by atoms with van der Waals surface area (Å²) in [6, 6.07) is 12.2. The van der Waals surface area contributed by atoms with Crippen LogP contribution in [0.25, 0.3) is 0 Å². The van der Waals surface area contributed by atoms with Crippen molar-refractivity contribution in [3.63, 3.8) is 0 Å². The van der Waals surface area contributed by atoms with E-state index in [0.717, 1.165) is 18.7 Å². The summed E-state index contributed by atoms with van der Waals surface area (Å²) in [5.41, 5.74) is 1.90. The lowest BCUT2D eigenvalue weighted by molar-refractivity contribution is 0.0664. The number of piperazine rings is 1. The molecule has 1 aliphatic heterocycles. The fourth-order valence-corrected chi connectivity index (χ4v) is 3.12. The van der Waals surface area contributed by atoms with Gasteiger partial charge >= 0.3 is 6.03 Å². The maximum Gasteiger partial charge on any atom is 0.319 e. The van der Waals surface area contributed by atoms with Crippen LogP contribution in [0.5, 0.6) is 0 Å². The second kappa shape index (κ2) is 8.84. The average Bonchev–Trinajstić information content (AvgIpc) is 2.68. The molecule has 6 nitrogen and oxygen atoms in total. The van der Waals surface area contributed by atoms with Gasteiger partial charge in [-0.25, -0.2) is 9.18 Å². The van der Waals surface area contributed by atoms with E-state index in [-0.39, 0.29) is 23.8 Å². The minimum atomic E-state index is -0.388. The molecule has 1 unspecified atom stereocenters. The number of anilines is 1. The molecule has 2 aromatic carbocycles. The molecule has 0 spiro atoms. The minimum Gasteiger partial charge on any atom is -0.336 e. The molecule has 0 saturated carbocycles. The van der Waals surface area contributed by atoms with Crippen LogP contribution in [0.1, 0.15) is 28.9 Å². The quantitative estimate of drug-likeness (QED) is 0.851. The second-order valence-electron chi connectivity index (χ2n) is 7.05. The highest BCUT2D eigenvalue weighted by molar-refractivity contribution is 5.97. The molecule has 0 aliphatic carbocycles. The van der Waals surface area contributed by atoms with Crippen LogP contribution in [0.3, 0.4) is 0 Å². The van der Waals surface area contributed by atoms with Gasteiger partial charge in [-0.2, -0.15) is 0 Å². The summed E-state index contributed by atoms with van der Waals surface area (Å²) in [4.78, 5) is 29.0. The third kappa shape index (κ3) is 5.07. The van der Waals surface area contributed by atoms with E-state index in [2.05, 4.69) is 15.5 Å². The van der Waals surface area contributed by atoms with Gasteiger partial charge in [0.1, 0.15) is 5.82 Å². The first-order chi connectivity index (χ1) is 13.4. The first-order valence-corrected chi connectivity index (χ1v) is 9.33. The number of benzene rings is 2. The van der Waals surface area contributed by atoms with Crippen LogP contribution in [-0.2, 0) is 0 Å². The number of hydrogen-bond donors (Lipinski definition) is 2. The molecule has 7 heteroatoms. The van der Waals surface area contributed by atoms with E-state index < -0.39 is 0 Å². The number of carbonyl (C=O) groups excluding carboxylic acids is 2. The Morgan fingerprint density at radius 2 is 1.71 bits per heavy atom. The van der Waals surface area contributed by atoms with E-state index in [1.165, 1.54) is 12.1 Å². The fraction of sp³-hybridized carbons (Fsp3) is 0.333. The zero-order valence-corrected chi connectivity index (χ0v) is 16.1. The molecule has 148 valence electrons. The zero-order valence-electron chi connectivity index (χ0n) is 16.1. The Bertz CT molecular complexity index is 833. The number of nitrogens with zero attached hydrogens (tertiary/aromatic N) is 2. The molecule has 1 saturated heterocycles. The molecular formula is C21H25FN4O2. The summed E-state index contributed by atoms with van der Waals surface area (Å²) in [7, 11) is 2.04. The van der Waals surface area contributed by atoms with E-state index in [4.69, 9.17) is 0 Å². The van der Waals surface area contributed by atoms with Crippen molar-refractivity contribution in [3.05, 3.63) is 65.5 Å². The number of halogens is 1. The Hall–Kier alpha value is -2.93. The molecule has 1 aliphatic rings. The SMILES string of the molecule is CC(NC(=O)Nc1cccc(C(=O)N2CCN(C)CC2)c1)c1ccc(F)cc1. The van der Waals surface area contributed by atoms with E-state index in [1.54, 1.807) is 36.4 Å². The highest BCUT2D eigenvalue weighted by atomic mass is 19.1. The first kappa shape index (κ1) is 19.8. The van der Waals surface area contributed by atoms with Gasteiger partial charge in [-0.05, 0) is 49.9 Å². The van der Waals surface area contributed by atoms with Crippen molar-refractivity contribution in [1.82, 2.24) is 15.1 Å². The van der Waals surface area contributed by atoms with Gasteiger partial charge in [0, 0.05) is 37.4 Å². The van der Waals surface area contributed by atoms with Crippen LogP contribution in [0.2, 0.25) is 0 Å². The number of hydrogen-bond acceptors (Lipinski definition) is 3. The predicted octanol–water partition coefficient (Wildman–Crippen LogP) is 3.10. The summed E-state index contributed by atoms with van der Waals surface area (Å²) < 4.78 is 13.0. The Kier molecular flexibility index (Phi) is 6.26. The molecule has 1 fully saturated rings. The molecule has 2 aromatic rings. The van der Waals surface area contributed by atoms with Crippen molar-refractivity contribution in [2.75, 3.05) is 38.5 Å². The average molecular weight is 384 g/mol. The normalized spacial score (nSPS) is 15.8. The smallest absolute Gasteiger partial charge is 0.319 e. The van der Waals surface area contributed by atoms with Crippen molar-refractivity contribution in [2.24, 2.45) is 0 Å². The van der Waals surface area contributed by atoms with Crippen LogP contribution in [0, 0.1) is 5.82 Å². The van der Waals surface area contributed by atoms with Gasteiger partial charge in [0.05, 0.1) is 6.04 Å². The van der Waals surface area contributed by atoms with Gasteiger partial charge in [-0.3, -0.25) is 4.79 Å². The number of likely N-dealkylation sites (N-methyl/N-ethyl adjacent to an activating group) is 1. The Balaban J connectivity index is 1.59. The van der Waals surface area contributed by atoms with Gasteiger partial charge in [0.2, 0.25) is 0 Å². The lowest BCUT2D eigenvalue weighted by Gasteiger charge is -2.32. The number of rotatable bonds is 4. The molecule has 2 N–H and O–H groups in total. The van der Waals surface area contributed by atoms with Crippen LogP contribution in [0.15, 0.2) is 48.5 Å². The zero-order chi connectivity index (χ0) is 20.1. The van der Waals surface area contributed by atoms with Crippen molar-refractivity contribution in [1.29, 1.82) is 0 Å². The number of amides is 3. The molecule has 1 atom stereocenters. The summed E-state index contributed by atoms with van der Waals surface area (Å²) in [5, 5.41) is 5.56. The largest absolute Gasteiger partial charge is 0.336 e. The summed E-state index contributed by atoms with van der Waals surface area (Å²) >= 11 is 0. The van der Waals surface area contributed by atoms with Gasteiger partial charge in [-0.1, -0.05) is 18.2 Å². The topological polar surface area (TPSA) is 64.7 Å². The van der Waals surface area contributed by atoms with Crippen LogP contribution >= 0.6 is 0 Å². The number of nitrogens with one attached hydrogen (secondary N) is 2. The van der Waals surface area contributed by atoms with E-state index >= 15 is 0 Å². The Labute approximate surface area is 164 Å². The van der Waals surface area contributed by atoms with Crippen LogP contribution in [0.4, 0.5) is 14.9 Å². The molecular weight excluding hydrogens is 359 g/mol. The fourth-order valence-electron chi connectivity index (χ4n) is 3.12. The predicted molar refractivity (Wildman–Crippen MR) is 107 cm³/mol. The van der Waals surface area contributed by atoms with E-state index in [0.29, 0.717) is 24.3 Å². The summed E-state index contributed by atoms with van der Waals surface area (Å²) in [5.74, 6) is -0.348. The molecule has 3 rings (SSSR count). The van der Waals surface area contributed by atoms with Crippen molar-refractivity contribution < 1.29 is 14.0 Å². The Morgan fingerprint density at radius 1 is 1.04 bits per heavy atom. The molecule has 0 bridgehead atoms. The van der Waals surface area contributed by atoms with Crippen molar-refractivity contribution in [3.8, 4) is 0 Å². The standard InChI is InChI=1S/C21H25FN4O2/c1-15(16-6-8-18(22)9-7-16)23-21(28)24-19-5-3-4-17(14-19)20(27)26-12-10-25(2)11-13-26/h3-9,14-15H,10-13H2,1-2H3,(H2,23,24,28).